The van der Waals surface area contributed by atoms with Gasteiger partial charge in [-0.3, -0.25) is 4.79 Å². The quantitative estimate of drug-likeness (QED) is 0.646. The Balaban J connectivity index is 3.61. The van der Waals surface area contributed by atoms with Gasteiger partial charge in [0, 0.05) is 7.11 Å². The molecular weight excluding hydrogens is 132 g/mol. The number of rotatable bonds is 4. The van der Waals surface area contributed by atoms with Crippen LogP contribution >= 0.6 is 0 Å². The lowest BCUT2D eigenvalue weighted by Crippen LogP contribution is -2.19. The Kier molecular flexibility index (Phi) is 4.03. The number of carboxylic acid groups (broad SMARTS) is 1. The Morgan fingerprint density at radius 1 is 1.60 bits per heavy atom. The van der Waals surface area contributed by atoms with Crippen LogP contribution in [0.5, 0.6) is 0 Å². The number of methoxy groups -OCH3 is 1. The molecule has 0 amide bonds. The van der Waals surface area contributed by atoms with Gasteiger partial charge in [-0.05, 0) is 12.8 Å². The summed E-state index contributed by atoms with van der Waals surface area (Å²) in [5.41, 5.74) is 0. The van der Waals surface area contributed by atoms with Crippen LogP contribution < -0.4 is 0 Å². The van der Waals surface area contributed by atoms with E-state index in [1.54, 1.807) is 7.11 Å². The summed E-state index contributed by atoms with van der Waals surface area (Å²) >= 11 is 0. The third-order valence-corrected chi connectivity index (χ3v) is 1.67. The zero-order valence-electron chi connectivity index (χ0n) is 6.63. The number of carbonyl (C=O) groups is 1. The summed E-state index contributed by atoms with van der Waals surface area (Å²) in [5.74, 6) is -0.682. The molecule has 1 N–H and O–H groups in total. The number of ether oxygens (including phenoxy) is 1. The van der Waals surface area contributed by atoms with Crippen molar-refractivity contribution in [3.8, 4) is 0 Å². The zero-order chi connectivity index (χ0) is 8.15. The molecule has 2 unspecified atom stereocenters. The van der Waals surface area contributed by atoms with Gasteiger partial charge >= 0.3 is 5.97 Å². The highest BCUT2D eigenvalue weighted by molar-refractivity contribution is 5.67. The maximum atomic E-state index is 10.2. The highest BCUT2D eigenvalue weighted by Gasteiger charge is 2.13. The molecule has 0 aliphatic rings. The van der Waals surface area contributed by atoms with E-state index in [4.69, 9.17) is 9.84 Å². The molecule has 0 bridgehead atoms. The molecule has 0 aromatic rings. The smallest absolute Gasteiger partial charge is 0.303 e. The summed E-state index contributed by atoms with van der Waals surface area (Å²) < 4.78 is 4.95. The molecule has 3 nitrogen and oxygen atoms in total. The first kappa shape index (κ1) is 9.43. The average Bonchev–Trinajstić information content (AvgIpc) is 1.85. The minimum absolute atomic E-state index is 0.0242. The molecule has 10 heavy (non-hydrogen) atoms. The van der Waals surface area contributed by atoms with E-state index in [-0.39, 0.29) is 18.4 Å². The molecule has 0 aromatic carbocycles. The van der Waals surface area contributed by atoms with Crippen LogP contribution in [0.2, 0.25) is 0 Å². The molecule has 0 radical (unpaired) electrons. The molecule has 0 saturated carbocycles. The lowest BCUT2D eigenvalue weighted by Gasteiger charge is -2.15. The first-order valence-corrected chi connectivity index (χ1v) is 3.32. The second-order valence-corrected chi connectivity index (χ2v) is 2.52. The molecule has 0 aliphatic carbocycles. The van der Waals surface area contributed by atoms with Gasteiger partial charge in [0.1, 0.15) is 0 Å². The molecule has 0 fully saturated rings. The predicted octanol–water partition coefficient (Wildman–Crippen LogP) is 1.13. The van der Waals surface area contributed by atoms with Crippen molar-refractivity contribution in [2.45, 2.75) is 26.4 Å². The largest absolute Gasteiger partial charge is 0.481 e. The van der Waals surface area contributed by atoms with Crippen LogP contribution in [0.1, 0.15) is 20.3 Å². The van der Waals surface area contributed by atoms with Gasteiger partial charge in [0.25, 0.3) is 0 Å². The molecule has 3 heteroatoms. The summed E-state index contributed by atoms with van der Waals surface area (Å²) in [6, 6.07) is 0. The molecular formula is C7H14O3. The fourth-order valence-corrected chi connectivity index (χ4v) is 0.674. The zero-order valence-corrected chi connectivity index (χ0v) is 6.63. The Bertz CT molecular complexity index is 111. The number of carboxylic acids is 1. The van der Waals surface area contributed by atoms with Crippen molar-refractivity contribution in [3.05, 3.63) is 0 Å². The van der Waals surface area contributed by atoms with Crippen molar-refractivity contribution in [1.29, 1.82) is 0 Å². The molecule has 60 valence electrons. The van der Waals surface area contributed by atoms with Gasteiger partial charge in [-0.15, -0.1) is 0 Å². The van der Waals surface area contributed by atoms with Crippen molar-refractivity contribution < 1.29 is 14.6 Å². The van der Waals surface area contributed by atoms with Gasteiger partial charge in [0.15, 0.2) is 0 Å². The number of hydrogen-bond acceptors (Lipinski definition) is 2. The lowest BCUT2D eigenvalue weighted by atomic mass is 10.0. The van der Waals surface area contributed by atoms with Crippen LogP contribution in [-0.4, -0.2) is 24.3 Å². The molecule has 0 saturated heterocycles. The maximum absolute atomic E-state index is 10.2. The van der Waals surface area contributed by atoms with Crippen LogP contribution in [0.15, 0.2) is 0 Å². The summed E-state index contributed by atoms with van der Waals surface area (Å²) in [6.07, 6.45) is 0.200. The first-order chi connectivity index (χ1) is 4.57. The van der Waals surface area contributed by atoms with Crippen LogP contribution in [0.3, 0.4) is 0 Å². The first-order valence-electron chi connectivity index (χ1n) is 3.32. The molecule has 0 rings (SSSR count). The van der Waals surface area contributed by atoms with Crippen LogP contribution in [0.4, 0.5) is 0 Å². The van der Waals surface area contributed by atoms with E-state index in [0.29, 0.717) is 0 Å². The van der Waals surface area contributed by atoms with Gasteiger partial charge in [0.2, 0.25) is 0 Å². The van der Waals surface area contributed by atoms with Crippen LogP contribution in [-0.2, 0) is 9.53 Å². The van der Waals surface area contributed by atoms with Crippen LogP contribution in [0.25, 0.3) is 0 Å². The van der Waals surface area contributed by atoms with Crippen molar-refractivity contribution in [2.24, 2.45) is 5.92 Å². The van der Waals surface area contributed by atoms with E-state index in [2.05, 4.69) is 0 Å². The van der Waals surface area contributed by atoms with Crippen molar-refractivity contribution >= 4 is 5.97 Å². The number of hydrogen-bond donors (Lipinski definition) is 1. The topological polar surface area (TPSA) is 46.5 Å². The Hall–Kier alpha value is -0.570. The molecule has 0 spiro atoms. The van der Waals surface area contributed by atoms with E-state index in [0.717, 1.165) is 0 Å². The van der Waals surface area contributed by atoms with E-state index in [9.17, 15) is 4.79 Å². The van der Waals surface area contributed by atoms with E-state index in [1.165, 1.54) is 0 Å². The standard InChI is InChI=1S/C7H14O3/c1-5(4-7(8)9)6(2)10-3/h5-6H,4H2,1-3H3,(H,8,9). The van der Waals surface area contributed by atoms with Gasteiger partial charge in [-0.1, -0.05) is 6.92 Å². The minimum Gasteiger partial charge on any atom is -0.481 e. The van der Waals surface area contributed by atoms with Gasteiger partial charge in [-0.25, -0.2) is 0 Å². The predicted molar refractivity (Wildman–Crippen MR) is 37.9 cm³/mol. The fraction of sp³-hybridized carbons (Fsp3) is 0.857. The van der Waals surface area contributed by atoms with Crippen molar-refractivity contribution in [1.82, 2.24) is 0 Å². The number of aliphatic carboxylic acids is 1. The van der Waals surface area contributed by atoms with Crippen LogP contribution in [0, 0.1) is 5.92 Å². The third kappa shape index (κ3) is 3.45. The second kappa shape index (κ2) is 4.28. The Morgan fingerprint density at radius 3 is 2.40 bits per heavy atom. The molecule has 0 heterocycles. The summed E-state index contributed by atoms with van der Waals surface area (Å²) in [7, 11) is 1.59. The average molecular weight is 146 g/mol. The Labute approximate surface area is 61.0 Å². The third-order valence-electron chi connectivity index (χ3n) is 1.67. The summed E-state index contributed by atoms with van der Waals surface area (Å²) in [6.45, 7) is 3.73. The molecule has 0 aromatic heterocycles. The SMILES string of the molecule is COC(C)C(C)CC(=O)O. The molecule has 0 aliphatic heterocycles. The monoisotopic (exact) mass is 146 g/mol. The summed E-state index contributed by atoms with van der Waals surface area (Å²) in [5, 5.41) is 8.37. The molecule has 2 atom stereocenters. The Morgan fingerprint density at radius 2 is 2.10 bits per heavy atom. The van der Waals surface area contributed by atoms with Gasteiger partial charge < -0.3 is 9.84 Å². The van der Waals surface area contributed by atoms with Gasteiger partial charge in [-0.2, -0.15) is 0 Å². The van der Waals surface area contributed by atoms with E-state index in [1.807, 2.05) is 13.8 Å². The lowest BCUT2D eigenvalue weighted by molar-refractivity contribution is -0.139. The van der Waals surface area contributed by atoms with Gasteiger partial charge in [0.05, 0.1) is 12.5 Å². The summed E-state index contributed by atoms with van der Waals surface area (Å²) in [4.78, 5) is 10.2. The fourth-order valence-electron chi connectivity index (χ4n) is 0.674. The van der Waals surface area contributed by atoms with E-state index >= 15 is 0 Å². The second-order valence-electron chi connectivity index (χ2n) is 2.52. The van der Waals surface area contributed by atoms with Crippen molar-refractivity contribution in [3.63, 3.8) is 0 Å². The maximum Gasteiger partial charge on any atom is 0.303 e. The normalized spacial score (nSPS) is 16.3. The highest BCUT2D eigenvalue weighted by atomic mass is 16.5. The van der Waals surface area contributed by atoms with Crippen molar-refractivity contribution in [2.75, 3.05) is 7.11 Å². The highest BCUT2D eigenvalue weighted by Crippen LogP contribution is 2.09. The minimum atomic E-state index is -0.767. The van der Waals surface area contributed by atoms with E-state index < -0.39 is 5.97 Å².